The molecule has 6 heteroatoms. The summed E-state index contributed by atoms with van der Waals surface area (Å²) < 4.78 is 0. The summed E-state index contributed by atoms with van der Waals surface area (Å²) in [7, 11) is 0. The van der Waals surface area contributed by atoms with Crippen molar-refractivity contribution in [2.75, 3.05) is 18.0 Å². The fraction of sp³-hybridized carbons (Fsp3) is 0.333. The molecule has 137 valence electrons. The Morgan fingerprint density at radius 3 is 2.81 bits per heavy atom. The minimum Gasteiger partial charge on any atom is -0.504 e. The third-order valence-corrected chi connectivity index (χ3v) is 5.24. The van der Waals surface area contributed by atoms with Crippen molar-refractivity contribution < 1.29 is 9.90 Å². The van der Waals surface area contributed by atoms with Crippen molar-refractivity contribution >= 4 is 22.9 Å². The third-order valence-electron chi connectivity index (χ3n) is 5.24. The lowest BCUT2D eigenvalue weighted by Crippen LogP contribution is -2.34. The van der Waals surface area contributed by atoms with Gasteiger partial charge in [-0.15, -0.1) is 0 Å². The van der Waals surface area contributed by atoms with E-state index in [0.717, 1.165) is 36.8 Å². The van der Waals surface area contributed by atoms with Crippen LogP contribution in [0.2, 0.25) is 0 Å². The maximum absolute atomic E-state index is 10.9. The molecule has 1 aliphatic heterocycles. The molecule has 0 atom stereocenters. The summed E-state index contributed by atoms with van der Waals surface area (Å²) in [6.45, 7) is 3.62. The second-order valence-electron chi connectivity index (χ2n) is 7.04. The fourth-order valence-electron chi connectivity index (χ4n) is 3.70. The highest BCUT2D eigenvalue weighted by Gasteiger charge is 2.22. The van der Waals surface area contributed by atoms with E-state index in [0.29, 0.717) is 23.9 Å². The Kier molecular flexibility index (Phi) is 4.71. The molecule has 2 aromatic heterocycles. The first-order valence-electron chi connectivity index (χ1n) is 9.18. The van der Waals surface area contributed by atoms with E-state index < -0.39 is 0 Å². The standard InChI is InChI=1S/C21H21N4O2/c1-14-21(27)19(13-26)24-20(23-14)11-15-6-9-25(10-7-15)17-4-5-18-16(12-17)3-2-8-22-18/h2-5,8,12,15,27H,6-7,9-11H2,1H3. The number of carbonyl (C=O) groups excluding carboxylic acids is 1. The van der Waals surface area contributed by atoms with E-state index in [1.807, 2.05) is 12.3 Å². The molecule has 3 aromatic rings. The van der Waals surface area contributed by atoms with Crippen LogP contribution in [-0.4, -0.2) is 39.4 Å². The summed E-state index contributed by atoms with van der Waals surface area (Å²) in [5.41, 5.74) is 2.63. The van der Waals surface area contributed by atoms with Gasteiger partial charge in [-0.05, 0) is 49.9 Å². The van der Waals surface area contributed by atoms with Gasteiger partial charge in [-0.2, -0.15) is 0 Å². The lowest BCUT2D eigenvalue weighted by Gasteiger charge is -2.33. The molecular formula is C21H21N4O2. The van der Waals surface area contributed by atoms with Crippen LogP contribution in [-0.2, 0) is 11.2 Å². The van der Waals surface area contributed by atoms with Crippen molar-refractivity contribution in [1.29, 1.82) is 0 Å². The number of hydrogen-bond acceptors (Lipinski definition) is 6. The first kappa shape index (κ1) is 17.4. The smallest absolute Gasteiger partial charge is 0.257 e. The minimum absolute atomic E-state index is 0.0419. The van der Waals surface area contributed by atoms with E-state index in [1.54, 1.807) is 13.2 Å². The predicted octanol–water partition coefficient (Wildman–Crippen LogP) is 2.96. The Balaban J connectivity index is 1.42. The highest BCUT2D eigenvalue weighted by atomic mass is 16.3. The topological polar surface area (TPSA) is 79.2 Å². The highest BCUT2D eigenvalue weighted by Crippen LogP contribution is 2.28. The van der Waals surface area contributed by atoms with Crippen molar-refractivity contribution in [3.8, 4) is 5.75 Å². The van der Waals surface area contributed by atoms with E-state index in [1.165, 1.54) is 5.69 Å². The van der Waals surface area contributed by atoms with Crippen LogP contribution < -0.4 is 4.90 Å². The van der Waals surface area contributed by atoms with Crippen LogP contribution in [0.25, 0.3) is 10.9 Å². The number of hydrogen-bond donors (Lipinski definition) is 1. The van der Waals surface area contributed by atoms with Gasteiger partial charge in [0.15, 0.2) is 11.4 Å². The van der Waals surface area contributed by atoms with Crippen LogP contribution in [0, 0.1) is 12.8 Å². The Morgan fingerprint density at radius 1 is 1.22 bits per heavy atom. The number of benzene rings is 1. The average Bonchev–Trinajstić information content (AvgIpc) is 2.71. The van der Waals surface area contributed by atoms with Gasteiger partial charge >= 0.3 is 0 Å². The Labute approximate surface area is 157 Å². The molecule has 27 heavy (non-hydrogen) atoms. The molecule has 0 unspecified atom stereocenters. The van der Waals surface area contributed by atoms with Gasteiger partial charge in [-0.25, -0.2) is 9.97 Å². The van der Waals surface area contributed by atoms with Gasteiger partial charge in [0.25, 0.3) is 6.29 Å². The highest BCUT2D eigenvalue weighted by molar-refractivity contribution is 5.82. The molecule has 1 fully saturated rings. The van der Waals surface area contributed by atoms with Crippen LogP contribution in [0.15, 0.2) is 36.5 Å². The number of aryl methyl sites for hydroxylation is 1. The number of aromatic hydroxyl groups is 1. The van der Waals surface area contributed by atoms with Crippen molar-refractivity contribution in [2.45, 2.75) is 26.2 Å². The number of rotatable bonds is 4. The van der Waals surface area contributed by atoms with Crippen molar-refractivity contribution in [3.63, 3.8) is 0 Å². The van der Waals surface area contributed by atoms with Gasteiger partial charge in [-0.1, -0.05) is 6.07 Å². The van der Waals surface area contributed by atoms with Gasteiger partial charge in [-0.3, -0.25) is 9.78 Å². The zero-order valence-electron chi connectivity index (χ0n) is 15.2. The maximum Gasteiger partial charge on any atom is 0.257 e. The fourth-order valence-corrected chi connectivity index (χ4v) is 3.70. The molecule has 1 aliphatic rings. The first-order chi connectivity index (χ1) is 13.1. The molecule has 4 rings (SSSR count). The van der Waals surface area contributed by atoms with Gasteiger partial charge < -0.3 is 10.0 Å². The number of nitrogens with zero attached hydrogens (tertiary/aromatic N) is 4. The summed E-state index contributed by atoms with van der Waals surface area (Å²) >= 11 is 0. The number of pyridine rings is 1. The zero-order chi connectivity index (χ0) is 18.8. The van der Waals surface area contributed by atoms with E-state index in [-0.39, 0.29) is 11.4 Å². The summed E-state index contributed by atoms with van der Waals surface area (Å²) in [6, 6.07) is 10.4. The molecule has 0 saturated carbocycles. The lowest BCUT2D eigenvalue weighted by atomic mass is 9.92. The molecule has 0 aliphatic carbocycles. The van der Waals surface area contributed by atoms with Crippen LogP contribution in [0.4, 0.5) is 5.69 Å². The summed E-state index contributed by atoms with van der Waals surface area (Å²) in [5.74, 6) is 0.903. The van der Waals surface area contributed by atoms with Crippen LogP contribution >= 0.6 is 0 Å². The summed E-state index contributed by atoms with van der Waals surface area (Å²) in [5, 5.41) is 10.9. The van der Waals surface area contributed by atoms with Crippen molar-refractivity contribution in [1.82, 2.24) is 15.0 Å². The van der Waals surface area contributed by atoms with E-state index in [4.69, 9.17) is 0 Å². The molecule has 6 nitrogen and oxygen atoms in total. The number of piperidine rings is 1. The first-order valence-corrected chi connectivity index (χ1v) is 9.18. The van der Waals surface area contributed by atoms with Crippen LogP contribution in [0.5, 0.6) is 5.75 Å². The van der Waals surface area contributed by atoms with Crippen LogP contribution in [0.3, 0.4) is 0 Å². The monoisotopic (exact) mass is 361 g/mol. The zero-order valence-corrected chi connectivity index (χ0v) is 15.2. The summed E-state index contributed by atoms with van der Waals surface area (Å²) in [4.78, 5) is 26.2. The van der Waals surface area contributed by atoms with Crippen molar-refractivity contribution in [2.24, 2.45) is 5.92 Å². The molecular weight excluding hydrogens is 340 g/mol. The molecule has 1 radical (unpaired) electrons. The molecule has 3 heterocycles. The van der Waals surface area contributed by atoms with E-state index in [2.05, 4.69) is 44.1 Å². The maximum atomic E-state index is 10.9. The third kappa shape index (κ3) is 3.60. The normalized spacial score (nSPS) is 15.2. The van der Waals surface area contributed by atoms with Gasteiger partial charge in [0, 0.05) is 36.8 Å². The molecule has 1 N–H and O–H groups in total. The average molecular weight is 361 g/mol. The van der Waals surface area contributed by atoms with Crippen molar-refractivity contribution in [3.05, 3.63) is 53.7 Å². The van der Waals surface area contributed by atoms with E-state index >= 15 is 0 Å². The Bertz CT molecular complexity index is 981. The summed E-state index contributed by atoms with van der Waals surface area (Å²) in [6.07, 6.45) is 6.29. The SMILES string of the molecule is Cc1nc(CC2CCN(c3ccc4ncccc4c3)CC2)nc([C]=O)c1O. The second-order valence-corrected chi connectivity index (χ2v) is 7.04. The predicted molar refractivity (Wildman–Crippen MR) is 104 cm³/mol. The molecule has 1 aromatic carbocycles. The second kappa shape index (κ2) is 7.31. The minimum atomic E-state index is -0.172. The Morgan fingerprint density at radius 2 is 2.04 bits per heavy atom. The van der Waals surface area contributed by atoms with Gasteiger partial charge in [0.05, 0.1) is 11.2 Å². The number of fused-ring (bicyclic) bond motifs is 1. The Hall–Kier alpha value is -3.02. The number of aromatic nitrogens is 3. The molecule has 1 saturated heterocycles. The van der Waals surface area contributed by atoms with E-state index in [9.17, 15) is 9.90 Å². The van der Waals surface area contributed by atoms with Crippen LogP contribution in [0.1, 0.15) is 30.1 Å². The largest absolute Gasteiger partial charge is 0.504 e. The molecule has 0 amide bonds. The van der Waals surface area contributed by atoms with Gasteiger partial charge in [0.1, 0.15) is 5.82 Å². The molecule has 0 bridgehead atoms. The molecule has 0 spiro atoms. The van der Waals surface area contributed by atoms with Gasteiger partial charge in [0.2, 0.25) is 0 Å². The lowest BCUT2D eigenvalue weighted by molar-refractivity contribution is 0.394. The number of anilines is 1. The quantitative estimate of drug-likeness (QED) is 0.770.